The van der Waals surface area contributed by atoms with E-state index in [1.165, 1.54) is 4.90 Å². The molecule has 0 aliphatic carbocycles. The van der Waals surface area contributed by atoms with Crippen LogP contribution in [0.4, 0.5) is 0 Å². The standard InChI is InChI=1S/C17H22N4O2/c1-13(21-12-18-14-7-3-4-8-15(14)21)17(23)19(2)11-16(22)20-9-5-6-10-20/h3-4,7-8,12-13H,5-6,9-11H2,1-2H3/t13-/m1/s1. The number of para-hydroxylation sites is 2. The summed E-state index contributed by atoms with van der Waals surface area (Å²) >= 11 is 0. The zero-order valence-electron chi connectivity index (χ0n) is 13.6. The van der Waals surface area contributed by atoms with Gasteiger partial charge >= 0.3 is 0 Å². The molecule has 1 atom stereocenters. The molecule has 1 aromatic carbocycles. The molecule has 1 aliphatic heterocycles. The Bertz CT molecular complexity index is 718. The van der Waals surface area contributed by atoms with Crippen molar-refractivity contribution in [2.75, 3.05) is 26.7 Å². The first-order valence-electron chi connectivity index (χ1n) is 8.02. The van der Waals surface area contributed by atoms with Crippen LogP contribution in [0.1, 0.15) is 25.8 Å². The van der Waals surface area contributed by atoms with Crippen molar-refractivity contribution in [2.24, 2.45) is 0 Å². The molecule has 2 aromatic rings. The van der Waals surface area contributed by atoms with Gasteiger partial charge in [0.15, 0.2) is 0 Å². The summed E-state index contributed by atoms with van der Waals surface area (Å²) in [4.78, 5) is 32.5. The Kier molecular flexibility index (Phi) is 4.32. The molecule has 3 rings (SSSR count). The highest BCUT2D eigenvalue weighted by atomic mass is 16.2. The molecule has 0 N–H and O–H groups in total. The van der Waals surface area contributed by atoms with E-state index in [0.29, 0.717) is 0 Å². The van der Waals surface area contributed by atoms with Crippen molar-refractivity contribution < 1.29 is 9.59 Å². The van der Waals surface area contributed by atoms with Crippen molar-refractivity contribution in [2.45, 2.75) is 25.8 Å². The molecular weight excluding hydrogens is 292 g/mol. The number of carbonyl (C=O) groups is 2. The van der Waals surface area contributed by atoms with Gasteiger partial charge in [0.05, 0.1) is 23.9 Å². The topological polar surface area (TPSA) is 58.4 Å². The molecule has 0 radical (unpaired) electrons. The highest BCUT2D eigenvalue weighted by Crippen LogP contribution is 2.19. The third-order valence-electron chi connectivity index (χ3n) is 4.46. The van der Waals surface area contributed by atoms with Crippen molar-refractivity contribution in [3.05, 3.63) is 30.6 Å². The Hall–Kier alpha value is -2.37. The normalized spacial score (nSPS) is 15.8. The van der Waals surface area contributed by atoms with E-state index >= 15 is 0 Å². The molecular formula is C17H22N4O2. The van der Waals surface area contributed by atoms with Gasteiger partial charge in [0.2, 0.25) is 11.8 Å². The lowest BCUT2D eigenvalue weighted by molar-refractivity contribution is -0.140. The molecule has 2 amide bonds. The highest BCUT2D eigenvalue weighted by Gasteiger charge is 2.25. The van der Waals surface area contributed by atoms with Crippen LogP contribution < -0.4 is 0 Å². The Morgan fingerprint density at radius 1 is 1.26 bits per heavy atom. The number of nitrogens with zero attached hydrogens (tertiary/aromatic N) is 4. The second-order valence-corrected chi connectivity index (χ2v) is 6.10. The first kappa shape index (κ1) is 15.5. The Labute approximate surface area is 135 Å². The third kappa shape index (κ3) is 3.06. The number of amides is 2. The summed E-state index contributed by atoms with van der Waals surface area (Å²) < 4.78 is 1.86. The van der Waals surface area contributed by atoms with E-state index in [1.54, 1.807) is 13.4 Å². The quantitative estimate of drug-likeness (QED) is 0.863. The predicted molar refractivity (Wildman–Crippen MR) is 87.9 cm³/mol. The molecule has 0 unspecified atom stereocenters. The fourth-order valence-corrected chi connectivity index (χ4v) is 3.07. The number of likely N-dealkylation sites (tertiary alicyclic amines) is 1. The summed E-state index contributed by atoms with van der Waals surface area (Å²) in [6.07, 6.45) is 3.80. The summed E-state index contributed by atoms with van der Waals surface area (Å²) in [5.41, 5.74) is 1.79. The zero-order chi connectivity index (χ0) is 16.4. The molecule has 1 aliphatic rings. The summed E-state index contributed by atoms with van der Waals surface area (Å²) in [6.45, 7) is 3.59. The van der Waals surface area contributed by atoms with Gasteiger partial charge in [0.25, 0.3) is 0 Å². The summed E-state index contributed by atoms with van der Waals surface area (Å²) in [7, 11) is 1.69. The van der Waals surface area contributed by atoms with Crippen LogP contribution in [0.25, 0.3) is 11.0 Å². The van der Waals surface area contributed by atoms with Crippen LogP contribution in [0.15, 0.2) is 30.6 Å². The van der Waals surface area contributed by atoms with Crippen LogP contribution in [-0.2, 0) is 9.59 Å². The van der Waals surface area contributed by atoms with Crippen molar-refractivity contribution in [3.8, 4) is 0 Å². The number of rotatable bonds is 4. The van der Waals surface area contributed by atoms with Crippen LogP contribution in [0, 0.1) is 0 Å². The fourth-order valence-electron chi connectivity index (χ4n) is 3.07. The Morgan fingerprint density at radius 3 is 2.70 bits per heavy atom. The summed E-state index contributed by atoms with van der Waals surface area (Å²) in [5, 5.41) is 0. The molecule has 1 saturated heterocycles. The fraction of sp³-hybridized carbons (Fsp3) is 0.471. The van der Waals surface area contributed by atoms with Crippen LogP contribution in [0.5, 0.6) is 0 Å². The third-order valence-corrected chi connectivity index (χ3v) is 4.46. The van der Waals surface area contributed by atoms with Crippen LogP contribution in [-0.4, -0.2) is 57.8 Å². The first-order valence-corrected chi connectivity index (χ1v) is 8.02. The number of aromatic nitrogens is 2. The number of hydrogen-bond acceptors (Lipinski definition) is 3. The van der Waals surface area contributed by atoms with Crippen molar-refractivity contribution in [1.82, 2.24) is 19.4 Å². The van der Waals surface area contributed by atoms with E-state index in [-0.39, 0.29) is 18.4 Å². The van der Waals surface area contributed by atoms with Gasteiger partial charge in [0, 0.05) is 20.1 Å². The van der Waals surface area contributed by atoms with Gasteiger partial charge in [-0.05, 0) is 31.9 Å². The van der Waals surface area contributed by atoms with Gasteiger partial charge in [-0.15, -0.1) is 0 Å². The number of benzene rings is 1. The van der Waals surface area contributed by atoms with E-state index in [2.05, 4.69) is 4.98 Å². The van der Waals surface area contributed by atoms with Gasteiger partial charge < -0.3 is 14.4 Å². The molecule has 23 heavy (non-hydrogen) atoms. The smallest absolute Gasteiger partial charge is 0.245 e. The SMILES string of the molecule is C[C@H](C(=O)N(C)CC(=O)N1CCCC1)n1cnc2ccccc21. The van der Waals surface area contributed by atoms with E-state index in [9.17, 15) is 9.59 Å². The van der Waals surface area contributed by atoms with Gasteiger partial charge in [-0.25, -0.2) is 4.98 Å². The maximum Gasteiger partial charge on any atom is 0.245 e. The molecule has 0 bridgehead atoms. The largest absolute Gasteiger partial charge is 0.341 e. The minimum absolute atomic E-state index is 0.0287. The van der Waals surface area contributed by atoms with Crippen molar-refractivity contribution >= 4 is 22.8 Å². The number of likely N-dealkylation sites (N-methyl/N-ethyl adjacent to an activating group) is 1. The predicted octanol–water partition coefficient (Wildman–Crippen LogP) is 1.68. The number of imidazole rings is 1. The van der Waals surface area contributed by atoms with E-state index in [0.717, 1.165) is 37.0 Å². The van der Waals surface area contributed by atoms with Gasteiger partial charge in [-0.1, -0.05) is 12.1 Å². The minimum Gasteiger partial charge on any atom is -0.341 e. The van der Waals surface area contributed by atoms with Crippen LogP contribution in [0.2, 0.25) is 0 Å². The van der Waals surface area contributed by atoms with E-state index in [4.69, 9.17) is 0 Å². The maximum atomic E-state index is 12.6. The molecule has 1 fully saturated rings. The lowest BCUT2D eigenvalue weighted by atomic mass is 10.2. The molecule has 1 aromatic heterocycles. The molecule has 6 nitrogen and oxygen atoms in total. The van der Waals surface area contributed by atoms with E-state index < -0.39 is 6.04 Å². The summed E-state index contributed by atoms with van der Waals surface area (Å²) in [6, 6.07) is 7.33. The van der Waals surface area contributed by atoms with Crippen molar-refractivity contribution in [1.29, 1.82) is 0 Å². The lowest BCUT2D eigenvalue weighted by Crippen LogP contribution is -2.42. The molecule has 2 heterocycles. The lowest BCUT2D eigenvalue weighted by Gasteiger charge is -2.24. The number of hydrogen-bond donors (Lipinski definition) is 0. The van der Waals surface area contributed by atoms with Crippen LogP contribution >= 0.6 is 0 Å². The van der Waals surface area contributed by atoms with Crippen LogP contribution in [0.3, 0.4) is 0 Å². The molecule has 0 saturated carbocycles. The van der Waals surface area contributed by atoms with Gasteiger partial charge in [-0.2, -0.15) is 0 Å². The second kappa shape index (κ2) is 6.40. The first-order chi connectivity index (χ1) is 11.1. The average molecular weight is 314 g/mol. The number of fused-ring (bicyclic) bond motifs is 1. The minimum atomic E-state index is -0.390. The van der Waals surface area contributed by atoms with Crippen molar-refractivity contribution in [3.63, 3.8) is 0 Å². The maximum absolute atomic E-state index is 12.6. The number of carbonyl (C=O) groups excluding carboxylic acids is 2. The monoisotopic (exact) mass is 314 g/mol. The Balaban J connectivity index is 1.70. The van der Waals surface area contributed by atoms with Gasteiger partial charge in [0.1, 0.15) is 6.04 Å². The van der Waals surface area contributed by atoms with E-state index in [1.807, 2.05) is 40.7 Å². The summed E-state index contributed by atoms with van der Waals surface area (Å²) in [5.74, 6) is -0.0539. The molecule has 6 heteroatoms. The highest BCUT2D eigenvalue weighted by molar-refractivity contribution is 5.87. The average Bonchev–Trinajstić information content (AvgIpc) is 3.22. The second-order valence-electron chi connectivity index (χ2n) is 6.10. The molecule has 0 spiro atoms. The van der Waals surface area contributed by atoms with Gasteiger partial charge in [-0.3, -0.25) is 9.59 Å². The Morgan fingerprint density at radius 2 is 1.96 bits per heavy atom. The molecule has 122 valence electrons. The zero-order valence-corrected chi connectivity index (χ0v) is 13.6.